The molecule has 0 radical (unpaired) electrons. The van der Waals surface area contributed by atoms with E-state index in [4.69, 9.17) is 4.99 Å². The van der Waals surface area contributed by atoms with E-state index in [9.17, 15) is 4.39 Å². The first-order valence-corrected chi connectivity index (χ1v) is 11.1. The van der Waals surface area contributed by atoms with Crippen LogP contribution in [0, 0.1) is 5.82 Å². The topological polar surface area (TPSA) is 40.5 Å². The molecule has 2 atom stereocenters. The lowest BCUT2D eigenvalue weighted by Gasteiger charge is -2.34. The Bertz CT molecular complexity index is 1030. The number of nitrogens with one attached hydrogen (secondary N) is 1. The third-order valence-corrected chi connectivity index (χ3v) is 6.41. The van der Waals surface area contributed by atoms with E-state index in [0.717, 1.165) is 36.6 Å². The van der Waals surface area contributed by atoms with Gasteiger partial charge in [-0.05, 0) is 60.2 Å². The molecule has 0 aliphatic carbocycles. The Morgan fingerprint density at radius 1 is 0.903 bits per heavy atom. The van der Waals surface area contributed by atoms with Crippen LogP contribution in [0.15, 0.2) is 84.1 Å². The number of benzene rings is 2. The van der Waals surface area contributed by atoms with Crippen LogP contribution in [-0.4, -0.2) is 28.9 Å². The number of hydrogen-bond donors (Lipinski definition) is 1. The first-order valence-electron chi connectivity index (χ1n) is 11.1. The summed E-state index contributed by atoms with van der Waals surface area (Å²) in [7, 11) is 0. The Balaban J connectivity index is 1.66. The van der Waals surface area contributed by atoms with Gasteiger partial charge in [-0.2, -0.15) is 0 Å². The molecule has 4 nitrogen and oxygen atoms in total. The summed E-state index contributed by atoms with van der Waals surface area (Å²) >= 11 is 0. The summed E-state index contributed by atoms with van der Waals surface area (Å²) in [5.41, 5.74) is 2.77. The Morgan fingerprint density at radius 2 is 1.61 bits per heavy atom. The molecule has 158 valence electrons. The predicted molar refractivity (Wildman–Crippen MR) is 121 cm³/mol. The minimum atomic E-state index is -0.580. The van der Waals surface area contributed by atoms with Gasteiger partial charge in [-0.25, -0.2) is 9.38 Å². The number of guanidine groups is 1. The molecule has 2 aromatic carbocycles. The smallest absolute Gasteiger partial charge is 0.195 e. The van der Waals surface area contributed by atoms with Crippen LogP contribution in [0.2, 0.25) is 0 Å². The number of halogens is 1. The highest BCUT2D eigenvalue weighted by atomic mass is 19.1. The summed E-state index contributed by atoms with van der Waals surface area (Å²) in [6, 6.07) is 21.3. The summed E-state index contributed by atoms with van der Waals surface area (Å²) in [6.45, 7) is 2.03. The van der Waals surface area contributed by atoms with Gasteiger partial charge in [0.25, 0.3) is 0 Å². The third-order valence-electron chi connectivity index (χ3n) is 6.41. The average Bonchev–Trinajstić information content (AvgIpc) is 3.22. The van der Waals surface area contributed by atoms with Crippen LogP contribution in [0.4, 0.5) is 4.39 Å². The van der Waals surface area contributed by atoms with E-state index in [2.05, 4.69) is 51.6 Å². The maximum absolute atomic E-state index is 13.8. The van der Waals surface area contributed by atoms with Gasteiger partial charge in [0.05, 0.1) is 6.04 Å². The molecule has 1 N–H and O–H groups in total. The molecular formula is C26H27FN4. The third kappa shape index (κ3) is 3.92. The van der Waals surface area contributed by atoms with E-state index >= 15 is 0 Å². The van der Waals surface area contributed by atoms with Crippen molar-refractivity contribution in [3.05, 3.63) is 102 Å². The molecule has 0 amide bonds. The monoisotopic (exact) mass is 414 g/mol. The zero-order valence-corrected chi connectivity index (χ0v) is 17.5. The fraction of sp³-hybridized carbons (Fsp3) is 0.308. The van der Waals surface area contributed by atoms with Crippen molar-refractivity contribution in [2.24, 2.45) is 4.99 Å². The second-order valence-electron chi connectivity index (χ2n) is 8.43. The molecule has 2 aliphatic rings. The number of pyridine rings is 1. The summed E-state index contributed by atoms with van der Waals surface area (Å²) in [5, 5.41) is 3.76. The van der Waals surface area contributed by atoms with Crippen LogP contribution in [0.25, 0.3) is 0 Å². The van der Waals surface area contributed by atoms with Gasteiger partial charge in [0.2, 0.25) is 0 Å². The Hall–Kier alpha value is -3.21. The van der Waals surface area contributed by atoms with Gasteiger partial charge in [-0.1, -0.05) is 42.5 Å². The van der Waals surface area contributed by atoms with Crippen LogP contribution in [0.3, 0.4) is 0 Å². The van der Waals surface area contributed by atoms with Gasteiger partial charge >= 0.3 is 0 Å². The largest absolute Gasteiger partial charge is 0.347 e. The van der Waals surface area contributed by atoms with Crippen molar-refractivity contribution in [3.8, 4) is 0 Å². The quantitative estimate of drug-likeness (QED) is 0.664. The number of likely N-dealkylation sites (tertiary alicyclic amines) is 1. The molecule has 1 aromatic heterocycles. The highest BCUT2D eigenvalue weighted by molar-refractivity contribution is 5.84. The van der Waals surface area contributed by atoms with Crippen molar-refractivity contribution in [3.63, 3.8) is 0 Å². The number of nitrogens with zero attached hydrogens (tertiary/aromatic N) is 3. The van der Waals surface area contributed by atoms with E-state index in [-0.39, 0.29) is 11.9 Å². The van der Waals surface area contributed by atoms with Crippen LogP contribution in [0.5, 0.6) is 0 Å². The summed E-state index contributed by atoms with van der Waals surface area (Å²) in [4.78, 5) is 12.0. The Kier molecular flexibility index (Phi) is 5.41. The number of rotatable bonds is 4. The number of piperidine rings is 1. The van der Waals surface area contributed by atoms with E-state index in [1.54, 1.807) is 12.1 Å². The highest BCUT2D eigenvalue weighted by Crippen LogP contribution is 2.45. The zero-order valence-electron chi connectivity index (χ0n) is 17.5. The number of hydrogen-bond acceptors (Lipinski definition) is 4. The molecule has 0 bridgehead atoms. The second kappa shape index (κ2) is 8.50. The summed E-state index contributed by atoms with van der Waals surface area (Å²) in [6.07, 6.45) is 8.01. The molecule has 3 heterocycles. The highest BCUT2D eigenvalue weighted by Gasteiger charge is 2.47. The summed E-state index contributed by atoms with van der Waals surface area (Å²) < 4.78 is 13.8. The van der Waals surface area contributed by atoms with Gasteiger partial charge in [0, 0.05) is 31.9 Å². The van der Waals surface area contributed by atoms with Crippen molar-refractivity contribution in [1.29, 1.82) is 0 Å². The van der Waals surface area contributed by atoms with Gasteiger partial charge in [0.15, 0.2) is 5.96 Å². The first-order chi connectivity index (χ1) is 15.2. The Morgan fingerprint density at radius 3 is 2.32 bits per heavy atom. The van der Waals surface area contributed by atoms with E-state index in [1.165, 1.54) is 24.8 Å². The predicted octanol–water partition coefficient (Wildman–Crippen LogP) is 4.85. The maximum Gasteiger partial charge on any atom is 0.195 e. The van der Waals surface area contributed by atoms with Crippen molar-refractivity contribution in [1.82, 2.24) is 15.2 Å². The van der Waals surface area contributed by atoms with Gasteiger partial charge < -0.3 is 10.2 Å². The van der Waals surface area contributed by atoms with Gasteiger partial charge in [-0.3, -0.25) is 4.98 Å². The molecule has 5 heteroatoms. The minimum Gasteiger partial charge on any atom is -0.347 e. The number of aromatic nitrogens is 1. The first kappa shape index (κ1) is 19.7. The SMILES string of the molecule is Fc1ccc(C2(Cc3ccccc3)N=C(N3CCCCC3)NC2c2ccncc2)cc1. The van der Waals surface area contributed by atoms with E-state index in [1.807, 2.05) is 30.6 Å². The fourth-order valence-corrected chi connectivity index (χ4v) is 4.84. The van der Waals surface area contributed by atoms with Crippen LogP contribution in [-0.2, 0) is 12.0 Å². The molecule has 1 fully saturated rings. The summed E-state index contributed by atoms with van der Waals surface area (Å²) in [5.74, 6) is 0.715. The van der Waals surface area contributed by atoms with Crippen LogP contribution < -0.4 is 5.32 Å². The average molecular weight is 415 g/mol. The Labute approximate surface area is 182 Å². The van der Waals surface area contributed by atoms with Crippen molar-refractivity contribution in [2.75, 3.05) is 13.1 Å². The molecule has 2 unspecified atom stereocenters. The van der Waals surface area contributed by atoms with Crippen LogP contribution >= 0.6 is 0 Å². The van der Waals surface area contributed by atoms with Crippen molar-refractivity contribution >= 4 is 5.96 Å². The van der Waals surface area contributed by atoms with Gasteiger partial charge in [-0.15, -0.1) is 0 Å². The molecule has 31 heavy (non-hydrogen) atoms. The lowest BCUT2D eigenvalue weighted by Crippen LogP contribution is -2.43. The number of aliphatic imine (C=N–C) groups is 1. The van der Waals surface area contributed by atoms with E-state index < -0.39 is 5.54 Å². The van der Waals surface area contributed by atoms with Crippen molar-refractivity contribution in [2.45, 2.75) is 37.3 Å². The lowest BCUT2D eigenvalue weighted by molar-refractivity contribution is 0.332. The zero-order chi connectivity index (χ0) is 21.1. The normalized spacial score (nSPS) is 23.3. The maximum atomic E-state index is 13.8. The fourth-order valence-electron chi connectivity index (χ4n) is 4.84. The second-order valence-corrected chi connectivity index (χ2v) is 8.43. The van der Waals surface area contributed by atoms with E-state index in [0.29, 0.717) is 0 Å². The van der Waals surface area contributed by atoms with Crippen LogP contribution in [0.1, 0.15) is 42.0 Å². The van der Waals surface area contributed by atoms with Crippen molar-refractivity contribution < 1.29 is 4.39 Å². The molecule has 0 saturated carbocycles. The molecule has 3 aromatic rings. The minimum absolute atomic E-state index is 0.0712. The van der Waals surface area contributed by atoms with Gasteiger partial charge in [0.1, 0.15) is 11.4 Å². The molecule has 1 saturated heterocycles. The molecule has 5 rings (SSSR count). The molecular weight excluding hydrogens is 387 g/mol. The molecule has 0 spiro atoms. The standard InChI is InChI=1S/C26H27FN4/c27-23-11-9-22(10-12-23)26(19-20-7-3-1-4-8-20)24(21-13-15-28-16-14-21)29-25(30-26)31-17-5-2-6-18-31/h1,3-4,7-16,24H,2,5-6,17-19H2,(H,29,30). The lowest BCUT2D eigenvalue weighted by atomic mass is 9.76. The molecule has 2 aliphatic heterocycles.